The molecule has 0 aliphatic rings. The van der Waals surface area contributed by atoms with Crippen LogP contribution in [0, 0.1) is 0 Å². The Bertz CT molecular complexity index is 189. The Morgan fingerprint density at radius 1 is 1.67 bits per heavy atom. The first-order chi connectivity index (χ1) is 5.61. The third kappa shape index (κ3) is 3.75. The fourth-order valence-corrected chi connectivity index (χ4v) is 0.723. The van der Waals surface area contributed by atoms with Gasteiger partial charge >= 0.3 is 5.97 Å². The van der Waals surface area contributed by atoms with Gasteiger partial charge in [-0.1, -0.05) is 13.0 Å². The molecule has 0 aromatic carbocycles. The van der Waals surface area contributed by atoms with E-state index in [2.05, 4.69) is 11.9 Å². The first-order valence-corrected chi connectivity index (χ1v) is 3.74. The van der Waals surface area contributed by atoms with Crippen LogP contribution in [0.25, 0.3) is 0 Å². The van der Waals surface area contributed by atoms with E-state index in [0.717, 1.165) is 0 Å². The highest BCUT2D eigenvalue weighted by Gasteiger charge is 2.15. The van der Waals surface area contributed by atoms with Crippen molar-refractivity contribution in [3.8, 4) is 0 Å². The highest BCUT2D eigenvalue weighted by Crippen LogP contribution is 1.92. The lowest BCUT2D eigenvalue weighted by Crippen LogP contribution is -2.39. The Balaban J connectivity index is 3.93. The number of nitrogens with one attached hydrogen (secondary N) is 1. The lowest BCUT2D eigenvalue weighted by Gasteiger charge is -2.10. The van der Waals surface area contributed by atoms with Crippen molar-refractivity contribution in [1.29, 1.82) is 0 Å². The summed E-state index contributed by atoms with van der Waals surface area (Å²) in [6, 6.07) is -0.780. The van der Waals surface area contributed by atoms with Crippen molar-refractivity contribution in [3.63, 3.8) is 0 Å². The van der Waals surface area contributed by atoms with E-state index in [0.29, 0.717) is 6.42 Å². The lowest BCUT2D eigenvalue weighted by atomic mass is 10.2. The summed E-state index contributed by atoms with van der Waals surface area (Å²) in [5.74, 6) is -1.31. The highest BCUT2D eigenvalue weighted by atomic mass is 16.4. The number of hydrogen-bond donors (Lipinski definition) is 2. The number of rotatable bonds is 5. The van der Waals surface area contributed by atoms with Crippen LogP contribution in [0.2, 0.25) is 0 Å². The number of hydrogen-bond acceptors (Lipinski definition) is 2. The summed E-state index contributed by atoms with van der Waals surface area (Å²) in [7, 11) is 0. The zero-order valence-corrected chi connectivity index (χ0v) is 7.04. The molecule has 68 valence electrons. The number of carbonyl (C=O) groups is 2. The molecule has 0 fully saturated rings. The summed E-state index contributed by atoms with van der Waals surface area (Å²) in [6.07, 6.45) is 1.98. The van der Waals surface area contributed by atoms with Crippen LogP contribution in [0.15, 0.2) is 12.7 Å². The summed E-state index contributed by atoms with van der Waals surface area (Å²) in [6.45, 7) is 5.07. The molecule has 4 heteroatoms. The smallest absolute Gasteiger partial charge is 0.326 e. The molecule has 1 atom stereocenters. The standard InChI is InChI=1S/C8H13NO3/c1-3-5-7(10)9-6(4-2)8(11)12/h3,6H,1,4-5H2,2H3,(H,9,10)(H,11,12). The van der Waals surface area contributed by atoms with Gasteiger partial charge in [-0.25, -0.2) is 4.79 Å². The fourth-order valence-electron chi connectivity index (χ4n) is 0.723. The predicted molar refractivity (Wildman–Crippen MR) is 44.7 cm³/mol. The van der Waals surface area contributed by atoms with Crippen molar-refractivity contribution in [2.75, 3.05) is 0 Å². The molecule has 1 unspecified atom stereocenters. The Morgan fingerprint density at radius 3 is 2.58 bits per heavy atom. The summed E-state index contributed by atoms with van der Waals surface area (Å²) in [4.78, 5) is 21.3. The topological polar surface area (TPSA) is 66.4 Å². The van der Waals surface area contributed by atoms with Gasteiger partial charge in [0, 0.05) is 6.42 Å². The van der Waals surface area contributed by atoms with Crippen LogP contribution in [0.4, 0.5) is 0 Å². The number of carbonyl (C=O) groups excluding carboxylic acids is 1. The molecule has 2 N–H and O–H groups in total. The second kappa shape index (κ2) is 5.35. The molecule has 0 aliphatic heterocycles. The van der Waals surface area contributed by atoms with Gasteiger partial charge in [0.1, 0.15) is 6.04 Å². The molecule has 0 radical (unpaired) electrons. The van der Waals surface area contributed by atoms with Gasteiger partial charge in [0.05, 0.1) is 0 Å². The van der Waals surface area contributed by atoms with Crippen molar-refractivity contribution in [3.05, 3.63) is 12.7 Å². The van der Waals surface area contributed by atoms with E-state index >= 15 is 0 Å². The molecular weight excluding hydrogens is 158 g/mol. The zero-order valence-electron chi connectivity index (χ0n) is 7.04. The first-order valence-electron chi connectivity index (χ1n) is 3.74. The highest BCUT2D eigenvalue weighted by molar-refractivity contribution is 5.84. The summed E-state index contributed by atoms with van der Waals surface area (Å²) in [5.41, 5.74) is 0. The molecule has 0 aromatic heterocycles. The van der Waals surface area contributed by atoms with Gasteiger partial charge in [-0.15, -0.1) is 6.58 Å². The van der Waals surface area contributed by atoms with E-state index in [1.807, 2.05) is 0 Å². The van der Waals surface area contributed by atoms with E-state index in [9.17, 15) is 9.59 Å². The lowest BCUT2D eigenvalue weighted by molar-refractivity contribution is -0.141. The van der Waals surface area contributed by atoms with Gasteiger partial charge in [0.25, 0.3) is 0 Å². The Kier molecular flexibility index (Phi) is 4.76. The molecule has 0 spiro atoms. The summed E-state index contributed by atoms with van der Waals surface area (Å²) < 4.78 is 0. The average molecular weight is 171 g/mol. The van der Waals surface area contributed by atoms with Crippen molar-refractivity contribution in [2.45, 2.75) is 25.8 Å². The number of aliphatic carboxylic acids is 1. The molecule has 4 nitrogen and oxygen atoms in total. The van der Waals surface area contributed by atoms with Crippen LogP contribution >= 0.6 is 0 Å². The van der Waals surface area contributed by atoms with Crippen LogP contribution < -0.4 is 5.32 Å². The minimum absolute atomic E-state index is 0.157. The first kappa shape index (κ1) is 10.7. The Labute approximate surface area is 71.3 Å². The van der Waals surface area contributed by atoms with Crippen LogP contribution in [0.1, 0.15) is 19.8 Å². The van der Waals surface area contributed by atoms with Gasteiger partial charge in [0.15, 0.2) is 0 Å². The molecule has 0 heterocycles. The molecule has 0 aromatic rings. The minimum Gasteiger partial charge on any atom is -0.480 e. The summed E-state index contributed by atoms with van der Waals surface area (Å²) in [5, 5.41) is 10.9. The fraction of sp³-hybridized carbons (Fsp3) is 0.500. The zero-order chi connectivity index (χ0) is 9.56. The maximum Gasteiger partial charge on any atom is 0.326 e. The SMILES string of the molecule is C=CCC(=O)NC(CC)C(=O)O. The van der Waals surface area contributed by atoms with Crippen molar-refractivity contribution >= 4 is 11.9 Å². The van der Waals surface area contributed by atoms with Crippen LogP contribution in [0.3, 0.4) is 0 Å². The Morgan fingerprint density at radius 2 is 2.25 bits per heavy atom. The average Bonchev–Trinajstić information content (AvgIpc) is 2.00. The summed E-state index contributed by atoms with van der Waals surface area (Å²) >= 11 is 0. The van der Waals surface area contributed by atoms with Gasteiger partial charge in [-0.3, -0.25) is 4.79 Å². The Hall–Kier alpha value is -1.32. The van der Waals surface area contributed by atoms with Gasteiger partial charge in [-0.05, 0) is 6.42 Å². The number of carboxylic acids is 1. The maximum atomic E-state index is 10.9. The second-order valence-electron chi connectivity index (χ2n) is 2.36. The van der Waals surface area contributed by atoms with Crippen molar-refractivity contribution in [2.24, 2.45) is 0 Å². The number of carboxylic acid groups (broad SMARTS) is 1. The van der Waals surface area contributed by atoms with E-state index in [1.54, 1.807) is 6.92 Å². The van der Waals surface area contributed by atoms with Crippen LogP contribution in [-0.2, 0) is 9.59 Å². The molecule has 0 rings (SSSR count). The molecule has 0 aliphatic carbocycles. The minimum atomic E-state index is -1.00. The van der Waals surface area contributed by atoms with Crippen molar-refractivity contribution < 1.29 is 14.7 Å². The molecule has 0 saturated carbocycles. The van der Waals surface area contributed by atoms with Gasteiger partial charge in [0.2, 0.25) is 5.91 Å². The molecule has 0 bridgehead atoms. The largest absolute Gasteiger partial charge is 0.480 e. The number of amides is 1. The second-order valence-corrected chi connectivity index (χ2v) is 2.36. The molecule has 12 heavy (non-hydrogen) atoms. The van der Waals surface area contributed by atoms with Crippen LogP contribution in [0.5, 0.6) is 0 Å². The molecule has 1 amide bonds. The van der Waals surface area contributed by atoms with E-state index < -0.39 is 12.0 Å². The van der Waals surface area contributed by atoms with E-state index in [-0.39, 0.29) is 12.3 Å². The van der Waals surface area contributed by atoms with E-state index in [1.165, 1.54) is 6.08 Å². The third-order valence-corrected chi connectivity index (χ3v) is 1.37. The normalized spacial score (nSPS) is 11.8. The van der Waals surface area contributed by atoms with Gasteiger partial charge in [-0.2, -0.15) is 0 Å². The molecular formula is C8H13NO3. The van der Waals surface area contributed by atoms with E-state index in [4.69, 9.17) is 5.11 Å². The predicted octanol–water partition coefficient (Wildman–Crippen LogP) is 0.542. The van der Waals surface area contributed by atoms with Gasteiger partial charge < -0.3 is 10.4 Å². The maximum absolute atomic E-state index is 10.9. The molecule has 0 saturated heterocycles. The van der Waals surface area contributed by atoms with Crippen LogP contribution in [-0.4, -0.2) is 23.0 Å². The third-order valence-electron chi connectivity index (χ3n) is 1.37. The quantitative estimate of drug-likeness (QED) is 0.593. The van der Waals surface area contributed by atoms with Crippen molar-refractivity contribution in [1.82, 2.24) is 5.32 Å². The monoisotopic (exact) mass is 171 g/mol.